The molecule has 0 aliphatic rings. The average Bonchev–Trinajstić information content (AvgIpc) is 2.74. The SMILES string of the molecule is Cc1cc(C(=O)Cc2ccc(C(C)(C)O)cc2Cl)c(=O)n(-c2ccccc2OCC(F)F)n1. The van der Waals surface area contributed by atoms with Gasteiger partial charge in [-0.3, -0.25) is 9.59 Å². The minimum Gasteiger partial charge on any atom is -0.485 e. The van der Waals surface area contributed by atoms with E-state index in [0.29, 0.717) is 21.8 Å². The van der Waals surface area contributed by atoms with Crippen LogP contribution in [-0.2, 0) is 12.0 Å². The smallest absolute Gasteiger partial charge is 0.282 e. The number of para-hydroxylation sites is 2. The van der Waals surface area contributed by atoms with Crippen LogP contribution in [0.25, 0.3) is 5.69 Å². The minimum atomic E-state index is -2.69. The van der Waals surface area contributed by atoms with Crippen LogP contribution in [0.3, 0.4) is 0 Å². The summed E-state index contributed by atoms with van der Waals surface area (Å²) >= 11 is 6.31. The maximum atomic E-state index is 13.1. The summed E-state index contributed by atoms with van der Waals surface area (Å²) in [7, 11) is 0. The second kappa shape index (κ2) is 9.80. The fourth-order valence-corrected chi connectivity index (χ4v) is 3.47. The van der Waals surface area contributed by atoms with Crippen LogP contribution in [-0.4, -0.2) is 33.7 Å². The van der Waals surface area contributed by atoms with Gasteiger partial charge in [-0.1, -0.05) is 35.9 Å². The molecule has 3 aromatic rings. The molecule has 1 heterocycles. The molecule has 1 N–H and O–H groups in total. The largest absolute Gasteiger partial charge is 0.485 e. The number of aryl methyl sites for hydroxylation is 1. The van der Waals surface area contributed by atoms with Crippen molar-refractivity contribution in [2.45, 2.75) is 39.2 Å². The molecule has 0 amide bonds. The predicted octanol–water partition coefficient (Wildman–Crippen LogP) is 4.49. The Bertz CT molecular complexity index is 1240. The Balaban J connectivity index is 1.97. The lowest BCUT2D eigenvalue weighted by Gasteiger charge is -2.18. The third kappa shape index (κ3) is 5.83. The zero-order valence-corrected chi connectivity index (χ0v) is 19.1. The highest BCUT2D eigenvalue weighted by Crippen LogP contribution is 2.26. The molecule has 0 saturated carbocycles. The first-order chi connectivity index (χ1) is 15.5. The number of aromatic nitrogens is 2. The van der Waals surface area contributed by atoms with Crippen LogP contribution in [0, 0.1) is 6.92 Å². The number of hydrogen-bond acceptors (Lipinski definition) is 5. The molecule has 9 heteroatoms. The van der Waals surface area contributed by atoms with Gasteiger partial charge in [0.1, 0.15) is 18.0 Å². The fourth-order valence-electron chi connectivity index (χ4n) is 3.23. The lowest BCUT2D eigenvalue weighted by atomic mass is 9.95. The summed E-state index contributed by atoms with van der Waals surface area (Å²) in [5, 5.41) is 14.6. The fraction of sp³-hybridized carbons (Fsp3) is 0.292. The quantitative estimate of drug-likeness (QED) is 0.484. The molecule has 174 valence electrons. The molecular weight excluding hydrogens is 454 g/mol. The molecule has 1 aromatic heterocycles. The topological polar surface area (TPSA) is 81.4 Å². The molecule has 2 aromatic carbocycles. The van der Waals surface area contributed by atoms with Crippen molar-refractivity contribution in [2.75, 3.05) is 6.61 Å². The number of benzene rings is 2. The Morgan fingerprint density at radius 2 is 1.91 bits per heavy atom. The van der Waals surface area contributed by atoms with Gasteiger partial charge in [-0.15, -0.1) is 0 Å². The van der Waals surface area contributed by atoms with E-state index in [1.165, 1.54) is 18.2 Å². The summed E-state index contributed by atoms with van der Waals surface area (Å²) < 4.78 is 31.3. The first-order valence-corrected chi connectivity index (χ1v) is 10.5. The first-order valence-electron chi connectivity index (χ1n) is 10.1. The lowest BCUT2D eigenvalue weighted by Crippen LogP contribution is -2.29. The van der Waals surface area contributed by atoms with E-state index in [4.69, 9.17) is 16.3 Å². The summed E-state index contributed by atoms with van der Waals surface area (Å²) in [6.45, 7) is 4.01. The van der Waals surface area contributed by atoms with Crippen LogP contribution in [0.15, 0.2) is 53.3 Å². The number of halogens is 3. The summed E-state index contributed by atoms with van der Waals surface area (Å²) in [5.41, 5.74) is -0.306. The van der Waals surface area contributed by atoms with Crippen molar-refractivity contribution in [2.24, 2.45) is 0 Å². The number of ketones is 1. The highest BCUT2D eigenvalue weighted by Gasteiger charge is 2.21. The number of aliphatic hydroxyl groups is 1. The molecule has 0 atom stereocenters. The van der Waals surface area contributed by atoms with Gasteiger partial charge in [-0.25, -0.2) is 8.78 Å². The summed E-state index contributed by atoms with van der Waals surface area (Å²) in [6, 6.07) is 12.4. The molecule has 0 aliphatic carbocycles. The molecule has 6 nitrogen and oxygen atoms in total. The molecule has 3 rings (SSSR count). The highest BCUT2D eigenvalue weighted by atomic mass is 35.5. The second-order valence-corrected chi connectivity index (χ2v) is 8.46. The van der Waals surface area contributed by atoms with Gasteiger partial charge in [-0.2, -0.15) is 9.78 Å². The van der Waals surface area contributed by atoms with Crippen molar-refractivity contribution in [3.05, 3.63) is 86.3 Å². The van der Waals surface area contributed by atoms with Crippen LogP contribution in [0.5, 0.6) is 5.75 Å². The van der Waals surface area contributed by atoms with Crippen LogP contribution in [0.2, 0.25) is 5.02 Å². The monoisotopic (exact) mass is 476 g/mol. The summed E-state index contributed by atoms with van der Waals surface area (Å²) in [6.07, 6.45) is -2.84. The minimum absolute atomic E-state index is 0.0432. The Labute approximate surface area is 194 Å². The van der Waals surface area contributed by atoms with Gasteiger partial charge in [0.25, 0.3) is 12.0 Å². The van der Waals surface area contributed by atoms with E-state index in [1.807, 2.05) is 0 Å². The molecular formula is C24H23ClF2N2O4. The van der Waals surface area contributed by atoms with Gasteiger partial charge in [0.2, 0.25) is 0 Å². The number of hydrogen-bond donors (Lipinski definition) is 1. The Morgan fingerprint density at radius 3 is 2.55 bits per heavy atom. The van der Waals surface area contributed by atoms with Crippen molar-refractivity contribution >= 4 is 17.4 Å². The molecule has 0 unspecified atom stereocenters. The Morgan fingerprint density at radius 1 is 1.21 bits per heavy atom. The van der Waals surface area contributed by atoms with E-state index in [-0.39, 0.29) is 23.4 Å². The molecule has 0 fully saturated rings. The normalized spacial score (nSPS) is 11.6. The number of alkyl halides is 2. The van der Waals surface area contributed by atoms with E-state index in [2.05, 4.69) is 5.10 Å². The van der Waals surface area contributed by atoms with Gasteiger partial charge in [0.15, 0.2) is 5.78 Å². The third-order valence-corrected chi connectivity index (χ3v) is 5.25. The second-order valence-electron chi connectivity index (χ2n) is 8.05. The van der Waals surface area contributed by atoms with Crippen molar-refractivity contribution in [1.82, 2.24) is 9.78 Å². The van der Waals surface area contributed by atoms with Gasteiger partial charge < -0.3 is 9.84 Å². The van der Waals surface area contributed by atoms with Crippen LogP contribution < -0.4 is 10.3 Å². The number of Topliss-reactive ketones (excluding diaryl/α,β-unsaturated/α-hetero) is 1. The number of ether oxygens (including phenoxy) is 1. The summed E-state index contributed by atoms with van der Waals surface area (Å²) in [4.78, 5) is 26.1. The van der Waals surface area contributed by atoms with E-state index in [9.17, 15) is 23.5 Å². The zero-order chi connectivity index (χ0) is 24.3. The molecule has 0 aliphatic heterocycles. The number of carbonyl (C=O) groups excluding carboxylic acids is 1. The number of carbonyl (C=O) groups is 1. The van der Waals surface area contributed by atoms with Gasteiger partial charge in [-0.05, 0) is 56.2 Å². The Hall–Kier alpha value is -3.10. The van der Waals surface area contributed by atoms with Gasteiger partial charge in [0.05, 0.1) is 16.9 Å². The maximum absolute atomic E-state index is 13.1. The van der Waals surface area contributed by atoms with Crippen LogP contribution in [0.1, 0.15) is 41.0 Å². The predicted molar refractivity (Wildman–Crippen MR) is 121 cm³/mol. The van der Waals surface area contributed by atoms with Crippen LogP contribution >= 0.6 is 11.6 Å². The zero-order valence-electron chi connectivity index (χ0n) is 18.3. The van der Waals surface area contributed by atoms with Crippen molar-refractivity contribution in [3.8, 4) is 11.4 Å². The first kappa shape index (κ1) is 24.5. The molecule has 0 bridgehead atoms. The molecule has 0 radical (unpaired) electrons. The van der Waals surface area contributed by atoms with E-state index in [0.717, 1.165) is 4.68 Å². The van der Waals surface area contributed by atoms with E-state index in [1.54, 1.807) is 51.1 Å². The summed E-state index contributed by atoms with van der Waals surface area (Å²) in [5.74, 6) is -0.440. The lowest BCUT2D eigenvalue weighted by molar-refractivity contribution is 0.0785. The number of rotatable bonds is 8. The number of nitrogens with zero attached hydrogens (tertiary/aromatic N) is 2. The Kier molecular flexibility index (Phi) is 7.29. The van der Waals surface area contributed by atoms with Gasteiger partial charge in [0, 0.05) is 11.4 Å². The average molecular weight is 477 g/mol. The maximum Gasteiger partial charge on any atom is 0.282 e. The molecule has 0 spiro atoms. The van der Waals surface area contributed by atoms with Crippen molar-refractivity contribution < 1.29 is 23.4 Å². The van der Waals surface area contributed by atoms with E-state index < -0.39 is 30.0 Å². The van der Waals surface area contributed by atoms with Crippen molar-refractivity contribution in [1.29, 1.82) is 0 Å². The van der Waals surface area contributed by atoms with Crippen LogP contribution in [0.4, 0.5) is 8.78 Å². The van der Waals surface area contributed by atoms with E-state index >= 15 is 0 Å². The van der Waals surface area contributed by atoms with Gasteiger partial charge >= 0.3 is 0 Å². The molecule has 33 heavy (non-hydrogen) atoms. The standard InChI is InChI=1S/C24H23ClF2N2O4/c1-14-10-17(20(30)11-15-8-9-16(12-18(15)25)24(2,3)32)23(31)29(28-14)19-6-4-5-7-21(19)33-13-22(26)27/h4-10,12,22,32H,11,13H2,1-3H3. The van der Waals surface area contributed by atoms with Crippen molar-refractivity contribution in [3.63, 3.8) is 0 Å². The molecule has 0 saturated heterocycles. The third-order valence-electron chi connectivity index (χ3n) is 4.90. The highest BCUT2D eigenvalue weighted by molar-refractivity contribution is 6.31.